The molecule has 0 aliphatic carbocycles. The summed E-state index contributed by atoms with van der Waals surface area (Å²) in [6.45, 7) is 14.8. The number of likely N-dealkylation sites (N-methyl/N-ethyl adjacent to an activating group) is 1. The SMILES string of the molecule is CCn1c(-c2cccnc2[C@H](C)OC)c2c3cc(ccc31)-c1cccc(c1)C[C@H](NC(=O)C(C(C)C)N(C)C(=O)[C@H]1CCNC1)C(=O)N1CCC[C@H](N1)C(=O)OCC(C)(C)C2. The van der Waals surface area contributed by atoms with Crippen molar-refractivity contribution < 1.29 is 28.7 Å². The van der Waals surface area contributed by atoms with E-state index in [1.54, 1.807) is 25.3 Å². The molecule has 3 aliphatic heterocycles. The molecule has 326 valence electrons. The van der Waals surface area contributed by atoms with E-state index in [1.165, 1.54) is 5.01 Å². The van der Waals surface area contributed by atoms with Gasteiger partial charge >= 0.3 is 5.97 Å². The first kappa shape index (κ1) is 44.0. The number of aryl methyl sites for hydroxylation is 1. The van der Waals surface area contributed by atoms with Crippen LogP contribution in [-0.2, 0) is 48.0 Å². The normalized spacial score (nSPS) is 21.8. The molecule has 13 heteroatoms. The molecule has 2 fully saturated rings. The summed E-state index contributed by atoms with van der Waals surface area (Å²) in [4.78, 5) is 62.7. The molecule has 61 heavy (non-hydrogen) atoms. The van der Waals surface area contributed by atoms with Crippen LogP contribution in [0, 0.1) is 17.3 Å². The number of pyridine rings is 1. The number of nitrogens with zero attached hydrogens (tertiary/aromatic N) is 4. The third kappa shape index (κ3) is 9.24. The number of aromatic nitrogens is 2. The van der Waals surface area contributed by atoms with Gasteiger partial charge in [0.1, 0.15) is 18.1 Å². The Kier molecular flexibility index (Phi) is 13.3. The molecule has 0 saturated carbocycles. The fourth-order valence-electron chi connectivity index (χ4n) is 9.46. The van der Waals surface area contributed by atoms with Crippen molar-refractivity contribution in [1.29, 1.82) is 0 Å². The van der Waals surface area contributed by atoms with Crippen molar-refractivity contribution in [3.63, 3.8) is 0 Å². The number of hydrazine groups is 1. The van der Waals surface area contributed by atoms with Gasteiger partial charge in [-0.3, -0.25) is 29.2 Å². The van der Waals surface area contributed by atoms with Crippen LogP contribution in [0.1, 0.15) is 83.7 Å². The van der Waals surface area contributed by atoms with E-state index in [9.17, 15) is 19.2 Å². The Hall–Kier alpha value is -5.11. The van der Waals surface area contributed by atoms with Crippen molar-refractivity contribution >= 4 is 34.6 Å². The van der Waals surface area contributed by atoms with Crippen molar-refractivity contribution in [2.24, 2.45) is 17.3 Å². The number of rotatable bonds is 9. The Balaban J connectivity index is 1.32. The third-order valence-electron chi connectivity index (χ3n) is 12.7. The zero-order chi connectivity index (χ0) is 43.6. The molecular weight excluding hydrogens is 771 g/mol. The summed E-state index contributed by atoms with van der Waals surface area (Å²) in [6, 6.07) is 16.2. The number of hydrogen-bond donors (Lipinski definition) is 3. The molecule has 3 amide bonds. The fourth-order valence-corrected chi connectivity index (χ4v) is 9.46. The first-order valence-corrected chi connectivity index (χ1v) is 22.0. The zero-order valence-corrected chi connectivity index (χ0v) is 37.0. The largest absolute Gasteiger partial charge is 0.464 e. The summed E-state index contributed by atoms with van der Waals surface area (Å²) in [7, 11) is 3.38. The first-order valence-electron chi connectivity index (χ1n) is 22.0. The Morgan fingerprint density at radius 2 is 1.85 bits per heavy atom. The summed E-state index contributed by atoms with van der Waals surface area (Å²) >= 11 is 0. The summed E-state index contributed by atoms with van der Waals surface area (Å²) in [5.74, 6) is -1.68. The predicted molar refractivity (Wildman–Crippen MR) is 236 cm³/mol. The number of carbonyl (C=O) groups excluding carboxylic acids is 4. The van der Waals surface area contributed by atoms with Gasteiger partial charge < -0.3 is 29.6 Å². The Bertz CT molecular complexity index is 2260. The van der Waals surface area contributed by atoms with Crippen molar-refractivity contribution in [1.82, 2.24) is 35.5 Å². The van der Waals surface area contributed by atoms with E-state index >= 15 is 0 Å². The standard InChI is InChI=1S/C48H63N7O6/c1-9-54-40-18-17-33-25-36(40)37(43(54)35-15-11-20-50-41(35)30(4)60-8)26-48(5,6)28-61-47(59)38-16-12-22-55(52-38)46(58)39(24-31-13-10-14-32(33)23-31)51-44(56)42(29(2)3)53(7)45(57)34-19-21-49-27-34/h10-11,13-15,17-18,20,23,25,29-30,34,38-39,42,49,52H,9,12,16,19,21-22,24,26-28H2,1-8H3,(H,51,56)/t30-,34-,38-,39-,42?/m0/s1. The molecule has 2 saturated heterocycles. The number of ether oxygens (including phenoxy) is 2. The van der Waals surface area contributed by atoms with Crippen LogP contribution in [0.5, 0.6) is 0 Å². The molecule has 0 radical (unpaired) electrons. The Labute approximate surface area is 359 Å². The van der Waals surface area contributed by atoms with Crippen molar-refractivity contribution in [2.45, 2.75) is 104 Å². The third-order valence-corrected chi connectivity index (χ3v) is 12.7. The quantitative estimate of drug-likeness (QED) is 0.177. The second kappa shape index (κ2) is 18.5. The van der Waals surface area contributed by atoms with Gasteiger partial charge in [0.15, 0.2) is 0 Å². The highest BCUT2D eigenvalue weighted by Gasteiger charge is 2.39. The first-order chi connectivity index (χ1) is 29.2. The highest BCUT2D eigenvalue weighted by molar-refractivity contribution is 5.96. The smallest absolute Gasteiger partial charge is 0.324 e. The molecule has 6 bridgehead atoms. The lowest BCUT2D eigenvalue weighted by Crippen LogP contribution is -2.62. The van der Waals surface area contributed by atoms with Crippen molar-refractivity contribution in [2.75, 3.05) is 40.4 Å². The van der Waals surface area contributed by atoms with Crippen LogP contribution in [0.4, 0.5) is 0 Å². The van der Waals surface area contributed by atoms with Crippen LogP contribution in [0.25, 0.3) is 33.3 Å². The van der Waals surface area contributed by atoms with Crippen LogP contribution >= 0.6 is 0 Å². The van der Waals surface area contributed by atoms with Crippen LogP contribution in [0.15, 0.2) is 60.8 Å². The van der Waals surface area contributed by atoms with Gasteiger partial charge in [0.2, 0.25) is 11.8 Å². The maximum Gasteiger partial charge on any atom is 0.324 e. The minimum Gasteiger partial charge on any atom is -0.464 e. The number of amides is 3. The zero-order valence-electron chi connectivity index (χ0n) is 37.0. The van der Waals surface area contributed by atoms with Gasteiger partial charge in [0.25, 0.3) is 5.91 Å². The number of carbonyl (C=O) groups is 4. The molecule has 5 heterocycles. The van der Waals surface area contributed by atoms with E-state index in [1.807, 2.05) is 39.0 Å². The molecule has 1 unspecified atom stereocenters. The monoisotopic (exact) mass is 833 g/mol. The van der Waals surface area contributed by atoms with Crippen LogP contribution in [0.2, 0.25) is 0 Å². The molecule has 3 N–H and O–H groups in total. The van der Waals surface area contributed by atoms with Gasteiger partial charge in [-0.25, -0.2) is 5.43 Å². The average molecular weight is 834 g/mol. The molecule has 7 rings (SSSR count). The van der Waals surface area contributed by atoms with Crippen molar-refractivity contribution in [3.8, 4) is 22.4 Å². The minimum atomic E-state index is -0.987. The number of esters is 1. The second-order valence-electron chi connectivity index (χ2n) is 18.2. The van der Waals surface area contributed by atoms with Crippen LogP contribution in [0.3, 0.4) is 0 Å². The van der Waals surface area contributed by atoms with E-state index in [2.05, 4.69) is 77.8 Å². The maximum atomic E-state index is 14.6. The lowest BCUT2D eigenvalue weighted by atomic mass is 9.84. The van der Waals surface area contributed by atoms with Gasteiger partial charge in [-0.1, -0.05) is 58.0 Å². The van der Waals surface area contributed by atoms with Crippen molar-refractivity contribution in [3.05, 3.63) is 77.6 Å². The highest BCUT2D eigenvalue weighted by Crippen LogP contribution is 2.42. The molecule has 5 atom stereocenters. The fraction of sp³-hybridized carbons (Fsp3) is 0.521. The number of nitrogens with one attached hydrogen (secondary N) is 3. The van der Waals surface area contributed by atoms with Crippen LogP contribution < -0.4 is 16.1 Å². The van der Waals surface area contributed by atoms with E-state index in [0.29, 0.717) is 38.8 Å². The predicted octanol–water partition coefficient (Wildman–Crippen LogP) is 5.84. The topological polar surface area (TPSA) is 147 Å². The lowest BCUT2D eigenvalue weighted by Gasteiger charge is -2.37. The average Bonchev–Trinajstić information content (AvgIpc) is 3.90. The van der Waals surface area contributed by atoms with Gasteiger partial charge in [0.05, 0.1) is 30.0 Å². The molecule has 0 spiro atoms. The van der Waals surface area contributed by atoms with E-state index in [0.717, 1.165) is 63.2 Å². The van der Waals surface area contributed by atoms with Gasteiger partial charge in [-0.15, -0.1) is 0 Å². The number of methoxy groups -OCH3 is 1. The maximum absolute atomic E-state index is 14.6. The number of fused-ring (bicyclic) bond motifs is 6. The number of hydrogen-bond acceptors (Lipinski definition) is 9. The molecule has 4 aromatic rings. The van der Waals surface area contributed by atoms with Gasteiger partial charge in [0, 0.05) is 68.3 Å². The molecule has 2 aromatic carbocycles. The van der Waals surface area contributed by atoms with Gasteiger partial charge in [-0.2, -0.15) is 0 Å². The summed E-state index contributed by atoms with van der Waals surface area (Å²) in [5.41, 5.74) is 10.7. The highest BCUT2D eigenvalue weighted by atomic mass is 16.5. The molecule has 3 aliphatic rings. The van der Waals surface area contributed by atoms with E-state index in [4.69, 9.17) is 14.5 Å². The summed E-state index contributed by atoms with van der Waals surface area (Å²) < 4.78 is 14.3. The Morgan fingerprint density at radius 1 is 1.07 bits per heavy atom. The summed E-state index contributed by atoms with van der Waals surface area (Å²) in [5, 5.41) is 8.89. The molecular formula is C48H63N7O6. The van der Waals surface area contributed by atoms with Crippen LogP contribution in [-0.4, -0.2) is 102 Å². The van der Waals surface area contributed by atoms with E-state index in [-0.39, 0.29) is 42.8 Å². The Morgan fingerprint density at radius 3 is 2.57 bits per heavy atom. The lowest BCUT2D eigenvalue weighted by molar-refractivity contribution is -0.155. The minimum absolute atomic E-state index is 0.0863. The summed E-state index contributed by atoms with van der Waals surface area (Å²) in [6.07, 6.45) is 4.16. The van der Waals surface area contributed by atoms with E-state index < -0.39 is 35.4 Å². The molecule has 2 aromatic heterocycles. The van der Waals surface area contributed by atoms with Gasteiger partial charge in [-0.05, 0) is 98.5 Å². The second-order valence-corrected chi connectivity index (χ2v) is 18.2. The number of benzene rings is 2. The number of cyclic esters (lactones) is 1. The molecule has 13 nitrogen and oxygen atoms in total.